The lowest BCUT2D eigenvalue weighted by Crippen LogP contribution is -2.33. The van der Waals surface area contributed by atoms with Crippen LogP contribution in [0.25, 0.3) is 0 Å². The first-order valence-electron chi connectivity index (χ1n) is 7.55. The molecule has 1 rings (SSSR count). The number of anilines is 1. The van der Waals surface area contributed by atoms with E-state index in [1.54, 1.807) is 7.11 Å². The molecule has 0 aliphatic heterocycles. The maximum Gasteiger partial charge on any atom is 0.133 e. The summed E-state index contributed by atoms with van der Waals surface area (Å²) in [6.07, 6.45) is 1.87. The third kappa shape index (κ3) is 6.76. The Morgan fingerprint density at radius 3 is 2.62 bits per heavy atom. The minimum atomic E-state index is 0.453. The fourth-order valence-corrected chi connectivity index (χ4v) is 2.51. The summed E-state index contributed by atoms with van der Waals surface area (Å²) in [6.45, 7) is 12.1. The van der Waals surface area contributed by atoms with Crippen LogP contribution in [-0.4, -0.2) is 37.8 Å². The largest absolute Gasteiger partial charge is 0.383 e. The molecule has 0 bridgehead atoms. The third-order valence-corrected chi connectivity index (χ3v) is 3.49. The molecule has 0 aromatic carbocycles. The van der Waals surface area contributed by atoms with Crippen LogP contribution in [0.3, 0.4) is 0 Å². The van der Waals surface area contributed by atoms with Crippen LogP contribution in [0, 0.1) is 5.92 Å². The highest BCUT2D eigenvalue weighted by Gasteiger charge is 2.15. The summed E-state index contributed by atoms with van der Waals surface area (Å²) in [5.74, 6) is 1.63. The third-order valence-electron chi connectivity index (χ3n) is 3.06. The molecule has 0 aliphatic carbocycles. The second kappa shape index (κ2) is 9.38. The van der Waals surface area contributed by atoms with Crippen molar-refractivity contribution in [3.63, 3.8) is 0 Å². The van der Waals surface area contributed by atoms with Crippen molar-refractivity contribution in [2.24, 2.45) is 5.92 Å². The maximum absolute atomic E-state index is 5.24. The zero-order valence-corrected chi connectivity index (χ0v) is 15.4. The van der Waals surface area contributed by atoms with Gasteiger partial charge in [-0.3, -0.25) is 0 Å². The van der Waals surface area contributed by atoms with E-state index >= 15 is 0 Å². The summed E-state index contributed by atoms with van der Waals surface area (Å²) in [7, 11) is 1.74. The molecule has 1 N–H and O–H groups in total. The Bertz CT molecular complexity index is 424. The number of aromatic nitrogens is 1. The quantitative estimate of drug-likeness (QED) is 0.734. The highest BCUT2D eigenvalue weighted by Crippen LogP contribution is 2.22. The maximum atomic E-state index is 5.24. The molecule has 1 heterocycles. The van der Waals surface area contributed by atoms with Gasteiger partial charge < -0.3 is 15.0 Å². The Hall–Kier alpha value is -0.650. The van der Waals surface area contributed by atoms with Crippen LogP contribution in [-0.2, 0) is 11.3 Å². The van der Waals surface area contributed by atoms with Crippen molar-refractivity contribution in [2.75, 3.05) is 31.7 Å². The topological polar surface area (TPSA) is 37.4 Å². The van der Waals surface area contributed by atoms with Crippen LogP contribution >= 0.6 is 15.9 Å². The van der Waals surface area contributed by atoms with Gasteiger partial charge in [0.2, 0.25) is 0 Å². The monoisotopic (exact) mass is 357 g/mol. The Kier molecular flexibility index (Phi) is 8.22. The van der Waals surface area contributed by atoms with Crippen LogP contribution in [0.5, 0.6) is 0 Å². The summed E-state index contributed by atoms with van der Waals surface area (Å²) < 4.78 is 6.26. The van der Waals surface area contributed by atoms with Gasteiger partial charge in [0, 0.05) is 49.0 Å². The molecular weight excluding hydrogens is 330 g/mol. The number of hydrogen-bond acceptors (Lipinski definition) is 4. The Balaban J connectivity index is 2.98. The molecule has 120 valence electrons. The van der Waals surface area contributed by atoms with Crippen LogP contribution < -0.4 is 10.2 Å². The van der Waals surface area contributed by atoms with E-state index in [-0.39, 0.29) is 0 Å². The van der Waals surface area contributed by atoms with Crippen molar-refractivity contribution < 1.29 is 4.74 Å². The Morgan fingerprint density at radius 1 is 1.33 bits per heavy atom. The molecule has 5 heteroatoms. The van der Waals surface area contributed by atoms with E-state index in [1.165, 1.54) is 5.56 Å². The smallest absolute Gasteiger partial charge is 0.133 e. The second-order valence-electron chi connectivity index (χ2n) is 6.00. The average Bonchev–Trinajstić information content (AvgIpc) is 2.41. The van der Waals surface area contributed by atoms with Crippen LogP contribution in [0.2, 0.25) is 0 Å². The van der Waals surface area contributed by atoms with Gasteiger partial charge in [-0.2, -0.15) is 0 Å². The molecular formula is C16H28BrN3O. The first-order chi connectivity index (χ1) is 9.93. The fourth-order valence-electron chi connectivity index (χ4n) is 2.13. The lowest BCUT2D eigenvalue weighted by Gasteiger charge is -2.28. The lowest BCUT2D eigenvalue weighted by atomic mass is 10.1. The van der Waals surface area contributed by atoms with Gasteiger partial charge in [0.25, 0.3) is 0 Å². The number of hydrogen-bond donors (Lipinski definition) is 1. The fraction of sp³-hybridized carbons (Fsp3) is 0.688. The van der Waals surface area contributed by atoms with Crippen molar-refractivity contribution >= 4 is 21.7 Å². The lowest BCUT2D eigenvalue weighted by molar-refractivity contribution is 0.204. The van der Waals surface area contributed by atoms with Gasteiger partial charge in [-0.15, -0.1) is 0 Å². The molecule has 0 unspecified atom stereocenters. The summed E-state index contributed by atoms with van der Waals surface area (Å²) in [4.78, 5) is 6.96. The highest BCUT2D eigenvalue weighted by atomic mass is 79.9. The molecule has 0 saturated carbocycles. The summed E-state index contributed by atoms with van der Waals surface area (Å²) in [5.41, 5.74) is 1.22. The number of nitrogens with one attached hydrogen (secondary N) is 1. The number of rotatable bonds is 9. The van der Waals surface area contributed by atoms with Crippen molar-refractivity contribution in [1.29, 1.82) is 0 Å². The number of halogens is 1. The molecule has 0 saturated heterocycles. The summed E-state index contributed by atoms with van der Waals surface area (Å²) in [5, 5.41) is 3.47. The van der Waals surface area contributed by atoms with Gasteiger partial charge in [-0.1, -0.05) is 27.7 Å². The predicted octanol–water partition coefficient (Wildman–Crippen LogP) is 3.45. The Morgan fingerprint density at radius 2 is 2.05 bits per heavy atom. The van der Waals surface area contributed by atoms with Gasteiger partial charge in [-0.05, 0) is 27.9 Å². The molecule has 0 amide bonds. The molecule has 0 radical (unpaired) electrons. The molecule has 4 nitrogen and oxygen atoms in total. The molecule has 0 aliphatic rings. The normalized spacial score (nSPS) is 11.4. The molecule has 1 aromatic rings. The molecule has 0 fully saturated rings. The van der Waals surface area contributed by atoms with E-state index < -0.39 is 0 Å². The van der Waals surface area contributed by atoms with E-state index in [1.807, 2.05) is 6.20 Å². The first-order valence-corrected chi connectivity index (χ1v) is 8.35. The van der Waals surface area contributed by atoms with E-state index in [0.717, 1.165) is 29.9 Å². The van der Waals surface area contributed by atoms with E-state index in [4.69, 9.17) is 4.74 Å². The predicted molar refractivity (Wildman–Crippen MR) is 92.8 cm³/mol. The van der Waals surface area contributed by atoms with Crippen molar-refractivity contribution in [3.8, 4) is 0 Å². The standard InChI is InChI=1S/C16H28BrN3O/c1-12(2)11-20(6-7-21-5)16-14(9-18-13(3)4)8-15(17)10-19-16/h8,10,12-13,18H,6-7,9,11H2,1-5H3. The van der Waals surface area contributed by atoms with Crippen molar-refractivity contribution in [3.05, 3.63) is 22.3 Å². The molecule has 0 spiro atoms. The number of ether oxygens (including phenoxy) is 1. The van der Waals surface area contributed by atoms with Crippen LogP contribution in [0.1, 0.15) is 33.3 Å². The molecule has 0 atom stereocenters. The summed E-state index contributed by atoms with van der Waals surface area (Å²) >= 11 is 3.52. The average molecular weight is 358 g/mol. The van der Waals surface area contributed by atoms with E-state index in [9.17, 15) is 0 Å². The minimum Gasteiger partial charge on any atom is -0.383 e. The first kappa shape index (κ1) is 18.4. The molecule has 21 heavy (non-hydrogen) atoms. The number of pyridine rings is 1. The van der Waals surface area contributed by atoms with E-state index in [0.29, 0.717) is 18.6 Å². The SMILES string of the molecule is COCCN(CC(C)C)c1ncc(Br)cc1CNC(C)C. The second-order valence-corrected chi connectivity index (χ2v) is 6.92. The minimum absolute atomic E-state index is 0.453. The zero-order valence-electron chi connectivity index (χ0n) is 13.8. The highest BCUT2D eigenvalue weighted by molar-refractivity contribution is 9.10. The van der Waals surface area contributed by atoms with Crippen LogP contribution in [0.15, 0.2) is 16.7 Å². The van der Waals surface area contributed by atoms with Gasteiger partial charge in [0.05, 0.1) is 6.61 Å². The van der Waals surface area contributed by atoms with Gasteiger partial charge >= 0.3 is 0 Å². The van der Waals surface area contributed by atoms with Gasteiger partial charge in [0.15, 0.2) is 0 Å². The summed E-state index contributed by atoms with van der Waals surface area (Å²) in [6, 6.07) is 2.60. The van der Waals surface area contributed by atoms with Crippen molar-refractivity contribution in [1.82, 2.24) is 10.3 Å². The van der Waals surface area contributed by atoms with Gasteiger partial charge in [-0.25, -0.2) is 4.98 Å². The number of nitrogens with zero attached hydrogens (tertiary/aromatic N) is 2. The van der Waals surface area contributed by atoms with E-state index in [2.05, 4.69) is 64.9 Å². The van der Waals surface area contributed by atoms with Crippen molar-refractivity contribution in [2.45, 2.75) is 40.3 Å². The van der Waals surface area contributed by atoms with Crippen LogP contribution in [0.4, 0.5) is 5.82 Å². The number of methoxy groups -OCH3 is 1. The Labute approximate surface area is 137 Å². The zero-order chi connectivity index (χ0) is 15.8. The molecule has 1 aromatic heterocycles. The van der Waals surface area contributed by atoms with Gasteiger partial charge in [0.1, 0.15) is 5.82 Å².